The van der Waals surface area contributed by atoms with Crippen LogP contribution in [0.4, 0.5) is 0 Å². The summed E-state index contributed by atoms with van der Waals surface area (Å²) in [6.07, 6.45) is 0. The molecule has 0 atom stereocenters. The number of carbonyl (C=O) groups excluding carboxylic acids is 1. The van der Waals surface area contributed by atoms with Crippen molar-refractivity contribution in [2.75, 3.05) is 5.75 Å². The highest BCUT2D eigenvalue weighted by molar-refractivity contribution is 8.00. The van der Waals surface area contributed by atoms with Gasteiger partial charge >= 0.3 is 0 Å². The molecule has 0 unspecified atom stereocenters. The minimum absolute atomic E-state index is 0.0365. The van der Waals surface area contributed by atoms with Crippen LogP contribution < -0.4 is 0 Å². The summed E-state index contributed by atoms with van der Waals surface area (Å²) in [6, 6.07) is 16.1. The van der Waals surface area contributed by atoms with Crippen LogP contribution in [0, 0.1) is 11.3 Å². The molecule has 2 nitrogen and oxygen atoms in total. The summed E-state index contributed by atoms with van der Waals surface area (Å²) < 4.78 is 0. The Kier molecular flexibility index (Phi) is 4.62. The zero-order chi connectivity index (χ0) is 13.7. The van der Waals surface area contributed by atoms with E-state index in [1.54, 1.807) is 30.3 Å². The van der Waals surface area contributed by atoms with Crippen LogP contribution in [-0.2, 0) is 0 Å². The van der Waals surface area contributed by atoms with Gasteiger partial charge in [0.2, 0.25) is 0 Å². The number of halogens is 1. The predicted molar refractivity (Wildman–Crippen MR) is 77.7 cm³/mol. The molecule has 0 bridgehead atoms. The van der Waals surface area contributed by atoms with Gasteiger partial charge < -0.3 is 0 Å². The maximum atomic E-state index is 12.0. The molecule has 0 N–H and O–H groups in total. The van der Waals surface area contributed by atoms with Crippen LogP contribution in [0.1, 0.15) is 15.9 Å². The molecule has 0 spiro atoms. The average molecular weight is 288 g/mol. The Balaban J connectivity index is 1.99. The summed E-state index contributed by atoms with van der Waals surface area (Å²) >= 11 is 7.33. The van der Waals surface area contributed by atoms with Crippen LogP contribution in [0.25, 0.3) is 0 Å². The van der Waals surface area contributed by atoms with Gasteiger partial charge in [0, 0.05) is 15.5 Å². The fourth-order valence-corrected chi connectivity index (χ4v) is 2.62. The number of rotatable bonds is 4. The molecule has 2 rings (SSSR count). The summed E-state index contributed by atoms with van der Waals surface area (Å²) in [7, 11) is 0. The first-order chi connectivity index (χ1) is 9.19. The maximum Gasteiger partial charge on any atom is 0.173 e. The number of hydrogen-bond donors (Lipinski definition) is 0. The van der Waals surface area contributed by atoms with E-state index in [-0.39, 0.29) is 5.78 Å². The fraction of sp³-hybridized carbons (Fsp3) is 0.0667. The van der Waals surface area contributed by atoms with E-state index in [1.165, 1.54) is 11.8 Å². The third-order valence-electron chi connectivity index (χ3n) is 2.50. The van der Waals surface area contributed by atoms with Gasteiger partial charge in [0.15, 0.2) is 5.78 Å². The molecule has 0 fully saturated rings. The maximum absolute atomic E-state index is 12.0. The quantitative estimate of drug-likeness (QED) is 0.625. The second-order valence-electron chi connectivity index (χ2n) is 3.86. The van der Waals surface area contributed by atoms with Crippen LogP contribution in [0.5, 0.6) is 0 Å². The fourth-order valence-electron chi connectivity index (χ4n) is 1.52. The molecule has 0 aliphatic rings. The van der Waals surface area contributed by atoms with E-state index in [4.69, 9.17) is 16.9 Å². The first-order valence-electron chi connectivity index (χ1n) is 5.61. The van der Waals surface area contributed by atoms with Gasteiger partial charge in [0.05, 0.1) is 17.4 Å². The minimum Gasteiger partial charge on any atom is -0.293 e. The molecule has 0 aromatic heterocycles. The number of benzene rings is 2. The number of Topliss-reactive ketones (excluding diaryl/α,β-unsaturated/α-hetero) is 1. The van der Waals surface area contributed by atoms with Crippen molar-refractivity contribution in [3.05, 3.63) is 64.7 Å². The molecular weight excluding hydrogens is 278 g/mol. The van der Waals surface area contributed by atoms with Crippen molar-refractivity contribution in [2.45, 2.75) is 4.90 Å². The molecule has 19 heavy (non-hydrogen) atoms. The van der Waals surface area contributed by atoms with Crippen molar-refractivity contribution in [1.29, 1.82) is 5.26 Å². The SMILES string of the molecule is N#Cc1ccc(C(=O)CSc2cccc(Cl)c2)cc1. The topological polar surface area (TPSA) is 40.9 Å². The standard InChI is InChI=1S/C15H10ClNOS/c16-13-2-1-3-14(8-13)19-10-15(18)12-6-4-11(9-17)5-7-12/h1-8H,10H2. The lowest BCUT2D eigenvalue weighted by Gasteiger charge is -2.02. The minimum atomic E-state index is 0.0365. The molecule has 0 saturated carbocycles. The van der Waals surface area contributed by atoms with Crippen molar-refractivity contribution in [3.8, 4) is 6.07 Å². The number of carbonyl (C=O) groups is 1. The summed E-state index contributed by atoms with van der Waals surface area (Å²) in [5.41, 5.74) is 1.17. The summed E-state index contributed by atoms with van der Waals surface area (Å²) in [5.74, 6) is 0.390. The lowest BCUT2D eigenvalue weighted by Crippen LogP contribution is -2.02. The highest BCUT2D eigenvalue weighted by Crippen LogP contribution is 2.22. The molecule has 4 heteroatoms. The van der Waals surface area contributed by atoms with Crippen molar-refractivity contribution >= 4 is 29.1 Å². The second kappa shape index (κ2) is 6.42. The van der Waals surface area contributed by atoms with Gasteiger partial charge in [-0.25, -0.2) is 0 Å². The molecule has 0 aliphatic heterocycles. The molecule has 2 aromatic rings. The highest BCUT2D eigenvalue weighted by Gasteiger charge is 2.06. The first kappa shape index (κ1) is 13.7. The molecule has 0 radical (unpaired) electrons. The Morgan fingerprint density at radius 3 is 2.58 bits per heavy atom. The molecule has 94 valence electrons. The van der Waals surface area contributed by atoms with E-state index in [9.17, 15) is 4.79 Å². The van der Waals surface area contributed by atoms with Crippen LogP contribution in [0.2, 0.25) is 5.02 Å². The Bertz CT molecular complexity index is 631. The normalized spacial score (nSPS) is 9.89. The van der Waals surface area contributed by atoms with Crippen molar-refractivity contribution in [2.24, 2.45) is 0 Å². The number of hydrogen-bond acceptors (Lipinski definition) is 3. The smallest absolute Gasteiger partial charge is 0.173 e. The van der Waals surface area contributed by atoms with Gasteiger partial charge in [-0.05, 0) is 30.3 Å². The Morgan fingerprint density at radius 1 is 1.21 bits per heavy atom. The number of ketones is 1. The van der Waals surface area contributed by atoms with Gasteiger partial charge in [-0.15, -0.1) is 11.8 Å². The Morgan fingerprint density at radius 2 is 1.95 bits per heavy atom. The van der Waals surface area contributed by atoms with Crippen molar-refractivity contribution in [3.63, 3.8) is 0 Å². The van der Waals surface area contributed by atoms with E-state index < -0.39 is 0 Å². The van der Waals surface area contributed by atoms with Crippen LogP contribution >= 0.6 is 23.4 Å². The monoisotopic (exact) mass is 287 g/mol. The van der Waals surface area contributed by atoms with Gasteiger partial charge in [-0.1, -0.05) is 29.8 Å². The summed E-state index contributed by atoms with van der Waals surface area (Å²) in [5, 5.41) is 9.36. The van der Waals surface area contributed by atoms with E-state index in [2.05, 4.69) is 0 Å². The van der Waals surface area contributed by atoms with Crippen LogP contribution in [0.3, 0.4) is 0 Å². The number of thioether (sulfide) groups is 1. The van der Waals surface area contributed by atoms with Crippen molar-refractivity contribution < 1.29 is 4.79 Å². The third-order valence-corrected chi connectivity index (χ3v) is 3.73. The lowest BCUT2D eigenvalue weighted by molar-refractivity contribution is 0.102. The van der Waals surface area contributed by atoms with E-state index in [0.29, 0.717) is 21.9 Å². The van der Waals surface area contributed by atoms with Gasteiger partial charge in [-0.3, -0.25) is 4.79 Å². The van der Waals surface area contributed by atoms with Gasteiger partial charge in [0.25, 0.3) is 0 Å². The predicted octanol–water partition coefficient (Wildman–Crippen LogP) is 4.19. The Labute approximate surface area is 121 Å². The largest absolute Gasteiger partial charge is 0.293 e. The molecular formula is C15H10ClNOS. The molecule has 0 amide bonds. The Hall–Kier alpha value is -1.76. The van der Waals surface area contributed by atoms with E-state index in [1.807, 2.05) is 24.3 Å². The number of nitriles is 1. The molecule has 0 aliphatic carbocycles. The van der Waals surface area contributed by atoms with Gasteiger partial charge in [0.1, 0.15) is 0 Å². The van der Waals surface area contributed by atoms with E-state index in [0.717, 1.165) is 4.90 Å². The first-order valence-corrected chi connectivity index (χ1v) is 6.97. The van der Waals surface area contributed by atoms with E-state index >= 15 is 0 Å². The number of nitrogens with zero attached hydrogens (tertiary/aromatic N) is 1. The zero-order valence-corrected chi connectivity index (χ0v) is 11.5. The van der Waals surface area contributed by atoms with Gasteiger partial charge in [-0.2, -0.15) is 5.26 Å². The van der Waals surface area contributed by atoms with Crippen LogP contribution in [0.15, 0.2) is 53.4 Å². The third kappa shape index (κ3) is 3.85. The summed E-state index contributed by atoms with van der Waals surface area (Å²) in [6.45, 7) is 0. The highest BCUT2D eigenvalue weighted by atomic mass is 35.5. The molecule has 0 saturated heterocycles. The average Bonchev–Trinajstić information content (AvgIpc) is 2.45. The second-order valence-corrected chi connectivity index (χ2v) is 5.34. The molecule has 2 aromatic carbocycles. The van der Waals surface area contributed by atoms with Crippen molar-refractivity contribution in [1.82, 2.24) is 0 Å². The summed E-state index contributed by atoms with van der Waals surface area (Å²) in [4.78, 5) is 12.9. The lowest BCUT2D eigenvalue weighted by atomic mass is 10.1. The molecule has 0 heterocycles. The van der Waals surface area contributed by atoms with Crippen LogP contribution in [-0.4, -0.2) is 11.5 Å². The zero-order valence-electron chi connectivity index (χ0n) is 9.97.